The lowest BCUT2D eigenvalue weighted by atomic mass is 9.93. The maximum Gasteiger partial charge on any atom is 0.0650 e. The van der Waals surface area contributed by atoms with Crippen molar-refractivity contribution in [3.8, 4) is 0 Å². The second-order valence-corrected chi connectivity index (χ2v) is 3.63. The van der Waals surface area contributed by atoms with Gasteiger partial charge in [0.05, 0.1) is 12.1 Å². The van der Waals surface area contributed by atoms with Gasteiger partial charge in [-0.1, -0.05) is 31.2 Å². The van der Waals surface area contributed by atoms with E-state index in [2.05, 4.69) is 19.1 Å². The van der Waals surface area contributed by atoms with Gasteiger partial charge in [-0.15, -0.1) is 0 Å². The molecule has 0 amide bonds. The van der Waals surface area contributed by atoms with Gasteiger partial charge in [0.25, 0.3) is 0 Å². The molecule has 0 spiro atoms. The number of aryl methyl sites for hydroxylation is 1. The van der Waals surface area contributed by atoms with Crippen molar-refractivity contribution in [1.82, 2.24) is 0 Å². The van der Waals surface area contributed by atoms with Crippen LogP contribution in [0.3, 0.4) is 0 Å². The number of aliphatic hydroxyl groups excluding tert-OH is 1. The monoisotopic (exact) mass is 179 g/mol. The Hall–Kier alpha value is -0.860. The quantitative estimate of drug-likeness (QED) is 0.737. The molecule has 0 heterocycles. The number of hydrogen-bond donors (Lipinski definition) is 2. The molecule has 2 heteroatoms. The van der Waals surface area contributed by atoms with Gasteiger partial charge in [-0.25, -0.2) is 0 Å². The molecule has 1 atom stereocenters. The van der Waals surface area contributed by atoms with Crippen molar-refractivity contribution >= 4 is 0 Å². The predicted octanol–water partition coefficient (Wildman–Crippen LogP) is 1.42. The van der Waals surface area contributed by atoms with Crippen LogP contribution in [0.4, 0.5) is 0 Å². The zero-order chi connectivity index (χ0) is 9.90. The SMILES string of the molecule is CCc1ccc([C@](C)(N)CO)cc1. The highest BCUT2D eigenvalue weighted by atomic mass is 16.3. The number of benzene rings is 1. The Kier molecular flexibility index (Phi) is 3.07. The summed E-state index contributed by atoms with van der Waals surface area (Å²) in [5.74, 6) is 0. The molecule has 13 heavy (non-hydrogen) atoms. The van der Waals surface area contributed by atoms with Gasteiger partial charge in [0, 0.05) is 0 Å². The van der Waals surface area contributed by atoms with Gasteiger partial charge < -0.3 is 10.8 Å². The first-order valence-electron chi connectivity index (χ1n) is 4.59. The van der Waals surface area contributed by atoms with Gasteiger partial charge in [-0.05, 0) is 24.5 Å². The summed E-state index contributed by atoms with van der Waals surface area (Å²) in [6.07, 6.45) is 1.03. The van der Waals surface area contributed by atoms with Crippen LogP contribution in [0.2, 0.25) is 0 Å². The van der Waals surface area contributed by atoms with Crippen molar-refractivity contribution in [3.05, 3.63) is 35.4 Å². The first kappa shape index (κ1) is 10.2. The molecule has 1 aromatic carbocycles. The molecule has 0 aliphatic rings. The fourth-order valence-corrected chi connectivity index (χ4v) is 1.21. The molecule has 0 saturated heterocycles. The maximum absolute atomic E-state index is 9.05. The van der Waals surface area contributed by atoms with E-state index in [-0.39, 0.29) is 6.61 Å². The lowest BCUT2D eigenvalue weighted by Gasteiger charge is -2.22. The van der Waals surface area contributed by atoms with E-state index in [9.17, 15) is 0 Å². The molecule has 1 rings (SSSR count). The van der Waals surface area contributed by atoms with Crippen molar-refractivity contribution in [1.29, 1.82) is 0 Å². The summed E-state index contributed by atoms with van der Waals surface area (Å²) in [4.78, 5) is 0. The smallest absolute Gasteiger partial charge is 0.0650 e. The highest BCUT2D eigenvalue weighted by Gasteiger charge is 2.18. The molecular weight excluding hydrogens is 162 g/mol. The summed E-state index contributed by atoms with van der Waals surface area (Å²) >= 11 is 0. The number of rotatable bonds is 3. The van der Waals surface area contributed by atoms with E-state index >= 15 is 0 Å². The average molecular weight is 179 g/mol. The largest absolute Gasteiger partial charge is 0.394 e. The Morgan fingerprint density at radius 1 is 1.31 bits per heavy atom. The topological polar surface area (TPSA) is 46.2 Å². The van der Waals surface area contributed by atoms with Crippen LogP contribution in [-0.2, 0) is 12.0 Å². The molecule has 1 aromatic rings. The van der Waals surface area contributed by atoms with Gasteiger partial charge in [-0.3, -0.25) is 0 Å². The van der Waals surface area contributed by atoms with Crippen LogP contribution in [-0.4, -0.2) is 11.7 Å². The molecule has 0 unspecified atom stereocenters. The van der Waals surface area contributed by atoms with Crippen LogP contribution in [0.15, 0.2) is 24.3 Å². The molecule has 2 nitrogen and oxygen atoms in total. The Morgan fingerprint density at radius 3 is 2.23 bits per heavy atom. The minimum Gasteiger partial charge on any atom is -0.394 e. The van der Waals surface area contributed by atoms with Crippen molar-refractivity contribution in [3.63, 3.8) is 0 Å². The van der Waals surface area contributed by atoms with Crippen LogP contribution in [0.1, 0.15) is 25.0 Å². The first-order valence-corrected chi connectivity index (χ1v) is 4.59. The van der Waals surface area contributed by atoms with E-state index in [4.69, 9.17) is 10.8 Å². The van der Waals surface area contributed by atoms with E-state index in [0.717, 1.165) is 12.0 Å². The third-order valence-electron chi connectivity index (χ3n) is 2.35. The van der Waals surface area contributed by atoms with Gasteiger partial charge >= 0.3 is 0 Å². The number of aliphatic hydroxyl groups is 1. The van der Waals surface area contributed by atoms with Crippen LogP contribution in [0, 0.1) is 0 Å². The summed E-state index contributed by atoms with van der Waals surface area (Å²) in [6.45, 7) is 3.91. The lowest BCUT2D eigenvalue weighted by Crippen LogP contribution is -2.36. The second kappa shape index (κ2) is 3.90. The predicted molar refractivity (Wildman–Crippen MR) is 54.4 cm³/mol. The average Bonchev–Trinajstić information content (AvgIpc) is 2.18. The normalized spacial score (nSPS) is 15.4. The molecule has 0 saturated carbocycles. The lowest BCUT2D eigenvalue weighted by molar-refractivity contribution is 0.210. The van der Waals surface area contributed by atoms with Crippen LogP contribution in [0.5, 0.6) is 0 Å². The minimum absolute atomic E-state index is 0.0293. The molecule has 0 aliphatic carbocycles. The van der Waals surface area contributed by atoms with E-state index in [1.807, 2.05) is 19.1 Å². The summed E-state index contributed by atoms with van der Waals surface area (Å²) in [6, 6.07) is 8.07. The molecule has 0 aromatic heterocycles. The third kappa shape index (κ3) is 2.29. The van der Waals surface area contributed by atoms with Crippen molar-refractivity contribution in [2.75, 3.05) is 6.61 Å². The molecule has 3 N–H and O–H groups in total. The fraction of sp³-hybridized carbons (Fsp3) is 0.455. The van der Waals surface area contributed by atoms with Crippen molar-refractivity contribution in [2.24, 2.45) is 5.73 Å². The molecule has 0 bridgehead atoms. The third-order valence-corrected chi connectivity index (χ3v) is 2.35. The number of nitrogens with two attached hydrogens (primary N) is 1. The summed E-state index contributed by atoms with van der Waals surface area (Å²) in [5, 5.41) is 9.05. The Bertz CT molecular complexity index is 264. The minimum atomic E-state index is -0.619. The van der Waals surface area contributed by atoms with E-state index in [1.165, 1.54) is 5.56 Å². The Morgan fingerprint density at radius 2 is 1.85 bits per heavy atom. The first-order chi connectivity index (χ1) is 6.10. The van der Waals surface area contributed by atoms with E-state index in [1.54, 1.807) is 0 Å². The zero-order valence-corrected chi connectivity index (χ0v) is 8.25. The molecule has 0 fully saturated rings. The number of hydrogen-bond acceptors (Lipinski definition) is 2. The Labute approximate surface area is 79.4 Å². The fourth-order valence-electron chi connectivity index (χ4n) is 1.21. The summed E-state index contributed by atoms with van der Waals surface area (Å²) in [7, 11) is 0. The highest BCUT2D eigenvalue weighted by Crippen LogP contribution is 2.17. The van der Waals surface area contributed by atoms with Crippen LogP contribution >= 0.6 is 0 Å². The van der Waals surface area contributed by atoms with Gasteiger partial charge in [-0.2, -0.15) is 0 Å². The van der Waals surface area contributed by atoms with Crippen molar-refractivity contribution < 1.29 is 5.11 Å². The van der Waals surface area contributed by atoms with E-state index < -0.39 is 5.54 Å². The van der Waals surface area contributed by atoms with Crippen LogP contribution < -0.4 is 5.73 Å². The van der Waals surface area contributed by atoms with E-state index in [0.29, 0.717) is 0 Å². The molecule has 0 aliphatic heterocycles. The maximum atomic E-state index is 9.05. The summed E-state index contributed by atoms with van der Waals surface area (Å²) in [5.41, 5.74) is 7.53. The molecule has 72 valence electrons. The van der Waals surface area contributed by atoms with Crippen molar-refractivity contribution in [2.45, 2.75) is 25.8 Å². The molecular formula is C11H17NO. The van der Waals surface area contributed by atoms with Crippen LogP contribution in [0.25, 0.3) is 0 Å². The van der Waals surface area contributed by atoms with Gasteiger partial charge in [0.15, 0.2) is 0 Å². The zero-order valence-electron chi connectivity index (χ0n) is 8.25. The highest BCUT2D eigenvalue weighted by molar-refractivity contribution is 5.27. The standard InChI is InChI=1S/C11H17NO/c1-3-9-4-6-10(7-5-9)11(2,12)8-13/h4-7,13H,3,8,12H2,1-2H3/t11-/m1/s1. The summed E-state index contributed by atoms with van der Waals surface area (Å²) < 4.78 is 0. The second-order valence-electron chi connectivity index (χ2n) is 3.63. The van der Waals surface area contributed by atoms with Gasteiger partial charge in [0.2, 0.25) is 0 Å². The van der Waals surface area contributed by atoms with Gasteiger partial charge in [0.1, 0.15) is 0 Å². The molecule has 0 radical (unpaired) electrons. The Balaban J connectivity index is 2.92.